The van der Waals surface area contributed by atoms with Gasteiger partial charge in [-0.05, 0) is 18.6 Å². The van der Waals surface area contributed by atoms with Crippen LogP contribution in [0.15, 0.2) is 12.1 Å². The number of carbonyl (C=O) groups excluding carboxylic acids is 2. The molecule has 1 saturated heterocycles. The van der Waals surface area contributed by atoms with Crippen molar-refractivity contribution in [2.24, 2.45) is 0 Å². The number of hydrogen-bond acceptors (Lipinski definition) is 6. The fraction of sp³-hybridized carbons (Fsp3) is 0.600. The van der Waals surface area contributed by atoms with E-state index in [2.05, 4.69) is 12.2 Å². The average molecular weight is 411 g/mol. The Kier molecular flexibility index (Phi) is 8.76. The first-order valence-corrected chi connectivity index (χ1v) is 10.7. The van der Waals surface area contributed by atoms with Crippen LogP contribution in [-0.4, -0.2) is 62.3 Å². The predicted octanol–water partition coefficient (Wildman–Crippen LogP) is 2.92. The second-order valence-corrected chi connectivity index (χ2v) is 7.56. The molecule has 156 valence electrons. The molecule has 0 aromatic heterocycles. The molecule has 0 bridgehead atoms. The van der Waals surface area contributed by atoms with E-state index in [-0.39, 0.29) is 11.8 Å². The molecule has 1 aromatic rings. The van der Waals surface area contributed by atoms with Crippen molar-refractivity contribution in [1.29, 1.82) is 0 Å². The number of carbonyl (C=O) groups is 2. The van der Waals surface area contributed by atoms with E-state index in [9.17, 15) is 9.59 Å². The van der Waals surface area contributed by atoms with Gasteiger partial charge in [0, 0.05) is 17.9 Å². The molecule has 0 saturated carbocycles. The van der Waals surface area contributed by atoms with Gasteiger partial charge < -0.3 is 24.4 Å². The molecule has 1 aliphatic heterocycles. The third-order valence-electron chi connectivity index (χ3n) is 4.69. The van der Waals surface area contributed by atoms with E-state index in [4.69, 9.17) is 14.2 Å². The van der Waals surface area contributed by atoms with E-state index >= 15 is 0 Å². The van der Waals surface area contributed by atoms with Crippen LogP contribution in [-0.2, 0) is 4.79 Å². The van der Waals surface area contributed by atoms with Crippen LogP contribution in [0.4, 0.5) is 0 Å². The third kappa shape index (κ3) is 5.25. The van der Waals surface area contributed by atoms with E-state index in [0.717, 1.165) is 19.3 Å². The quantitative estimate of drug-likeness (QED) is 0.598. The van der Waals surface area contributed by atoms with Crippen LogP contribution in [0, 0.1) is 0 Å². The molecule has 0 spiro atoms. The highest BCUT2D eigenvalue weighted by molar-refractivity contribution is 7.99. The minimum atomic E-state index is -0.470. The van der Waals surface area contributed by atoms with Crippen molar-refractivity contribution in [3.05, 3.63) is 17.7 Å². The first-order chi connectivity index (χ1) is 13.6. The van der Waals surface area contributed by atoms with Crippen LogP contribution in [0.2, 0.25) is 0 Å². The van der Waals surface area contributed by atoms with E-state index < -0.39 is 6.04 Å². The van der Waals surface area contributed by atoms with E-state index in [1.54, 1.807) is 28.8 Å². The molecular weight excluding hydrogens is 380 g/mol. The molecule has 1 aliphatic rings. The molecule has 2 amide bonds. The van der Waals surface area contributed by atoms with E-state index in [0.29, 0.717) is 41.0 Å². The number of unbranched alkanes of at least 4 members (excludes halogenated alkanes) is 3. The first kappa shape index (κ1) is 22.2. The van der Waals surface area contributed by atoms with Crippen LogP contribution in [0.25, 0.3) is 0 Å². The van der Waals surface area contributed by atoms with Crippen LogP contribution in [0.5, 0.6) is 17.2 Å². The van der Waals surface area contributed by atoms with E-state index in [1.807, 2.05) is 0 Å². The first-order valence-electron chi connectivity index (χ1n) is 9.53. The predicted molar refractivity (Wildman–Crippen MR) is 111 cm³/mol. The zero-order chi connectivity index (χ0) is 20.5. The normalized spacial score (nSPS) is 16.0. The molecule has 1 atom stereocenters. The molecule has 1 N–H and O–H groups in total. The monoisotopic (exact) mass is 410 g/mol. The highest BCUT2D eigenvalue weighted by Gasteiger charge is 2.35. The summed E-state index contributed by atoms with van der Waals surface area (Å²) in [5.41, 5.74) is 0.401. The van der Waals surface area contributed by atoms with E-state index in [1.165, 1.54) is 27.8 Å². The Balaban J connectivity index is 2.11. The Hall–Kier alpha value is -2.09. The summed E-state index contributed by atoms with van der Waals surface area (Å²) < 4.78 is 16.0. The Morgan fingerprint density at radius 2 is 1.79 bits per heavy atom. The molecule has 8 heteroatoms. The Morgan fingerprint density at radius 3 is 2.36 bits per heavy atom. The Labute approximate surface area is 171 Å². The highest BCUT2D eigenvalue weighted by atomic mass is 32.2. The summed E-state index contributed by atoms with van der Waals surface area (Å²) in [5.74, 6) is 2.00. The van der Waals surface area contributed by atoms with Crippen LogP contribution >= 0.6 is 11.8 Å². The lowest BCUT2D eigenvalue weighted by Gasteiger charge is -2.24. The van der Waals surface area contributed by atoms with Crippen molar-refractivity contribution in [1.82, 2.24) is 10.2 Å². The van der Waals surface area contributed by atoms with Gasteiger partial charge in [-0.3, -0.25) is 9.59 Å². The van der Waals surface area contributed by atoms with Crippen LogP contribution in [0.3, 0.4) is 0 Å². The summed E-state index contributed by atoms with van der Waals surface area (Å²) in [6, 6.07) is 2.77. The van der Waals surface area contributed by atoms with Gasteiger partial charge in [-0.15, -0.1) is 11.8 Å². The summed E-state index contributed by atoms with van der Waals surface area (Å²) in [6.07, 6.45) is 4.38. The number of methoxy groups -OCH3 is 3. The van der Waals surface area contributed by atoms with Crippen LogP contribution < -0.4 is 19.5 Å². The molecule has 28 heavy (non-hydrogen) atoms. The SMILES string of the molecule is CCCCCCNC(=O)[C@H]1CSCN1C(=O)c1cc(OC)c(OC)c(OC)c1. The Morgan fingerprint density at radius 1 is 1.11 bits per heavy atom. The highest BCUT2D eigenvalue weighted by Crippen LogP contribution is 2.39. The minimum absolute atomic E-state index is 0.0951. The van der Waals surface area contributed by atoms with Gasteiger partial charge in [-0.1, -0.05) is 26.2 Å². The average Bonchev–Trinajstić information content (AvgIpc) is 3.21. The summed E-state index contributed by atoms with van der Waals surface area (Å²) in [5, 5.41) is 2.97. The molecular formula is C20H30N2O5S. The van der Waals surface area contributed by atoms with Gasteiger partial charge in [-0.25, -0.2) is 0 Å². The lowest BCUT2D eigenvalue weighted by molar-refractivity contribution is -0.124. The van der Waals surface area contributed by atoms with Crippen molar-refractivity contribution in [3.63, 3.8) is 0 Å². The van der Waals surface area contributed by atoms with Gasteiger partial charge in [0.05, 0.1) is 27.2 Å². The largest absolute Gasteiger partial charge is 0.493 e. The van der Waals surface area contributed by atoms with Crippen molar-refractivity contribution < 1.29 is 23.8 Å². The molecule has 2 rings (SSSR count). The van der Waals surface area contributed by atoms with Crippen molar-refractivity contribution in [2.75, 3.05) is 39.5 Å². The number of amides is 2. The number of benzene rings is 1. The third-order valence-corrected chi connectivity index (χ3v) is 5.70. The van der Waals surface area contributed by atoms with Crippen LogP contribution in [0.1, 0.15) is 43.0 Å². The summed E-state index contributed by atoms with van der Waals surface area (Å²) >= 11 is 1.57. The summed E-state index contributed by atoms with van der Waals surface area (Å²) in [7, 11) is 4.53. The zero-order valence-corrected chi connectivity index (χ0v) is 17.9. The fourth-order valence-corrected chi connectivity index (χ4v) is 4.27. The number of nitrogens with zero attached hydrogens (tertiary/aromatic N) is 1. The maximum Gasteiger partial charge on any atom is 0.255 e. The molecule has 0 unspecified atom stereocenters. The molecule has 7 nitrogen and oxygen atoms in total. The number of hydrogen-bond donors (Lipinski definition) is 1. The van der Waals surface area contributed by atoms with Gasteiger partial charge in [0.2, 0.25) is 11.7 Å². The number of rotatable bonds is 10. The summed E-state index contributed by atoms with van der Waals surface area (Å²) in [4.78, 5) is 27.3. The van der Waals surface area contributed by atoms with Gasteiger partial charge >= 0.3 is 0 Å². The van der Waals surface area contributed by atoms with Crippen molar-refractivity contribution in [2.45, 2.75) is 38.6 Å². The van der Waals surface area contributed by atoms with Gasteiger partial charge in [0.15, 0.2) is 11.5 Å². The molecule has 0 aliphatic carbocycles. The van der Waals surface area contributed by atoms with Gasteiger partial charge in [0.1, 0.15) is 6.04 Å². The molecule has 0 radical (unpaired) electrons. The van der Waals surface area contributed by atoms with Gasteiger partial charge in [0.25, 0.3) is 5.91 Å². The fourth-order valence-electron chi connectivity index (χ4n) is 3.11. The topological polar surface area (TPSA) is 77.1 Å². The lowest BCUT2D eigenvalue weighted by atomic mass is 10.1. The number of ether oxygens (including phenoxy) is 3. The maximum atomic E-state index is 13.1. The molecule has 1 aromatic carbocycles. The number of thioether (sulfide) groups is 1. The second kappa shape index (κ2) is 11.0. The van der Waals surface area contributed by atoms with Crippen molar-refractivity contribution in [3.8, 4) is 17.2 Å². The second-order valence-electron chi connectivity index (χ2n) is 6.56. The lowest BCUT2D eigenvalue weighted by Crippen LogP contribution is -2.47. The smallest absolute Gasteiger partial charge is 0.255 e. The molecule has 1 heterocycles. The Bertz CT molecular complexity index is 658. The molecule has 1 fully saturated rings. The minimum Gasteiger partial charge on any atom is -0.493 e. The number of nitrogens with one attached hydrogen (secondary N) is 1. The maximum absolute atomic E-state index is 13.1. The summed E-state index contributed by atoms with van der Waals surface area (Å²) in [6.45, 7) is 2.80. The van der Waals surface area contributed by atoms with Crippen molar-refractivity contribution >= 4 is 23.6 Å². The standard InChI is InChI=1S/C20H30N2O5S/c1-5-6-7-8-9-21-19(23)15-12-28-13-22(15)20(24)14-10-16(25-2)18(27-4)17(11-14)26-3/h10-11,15H,5-9,12-13H2,1-4H3,(H,21,23)/t15-/m1/s1. The zero-order valence-electron chi connectivity index (χ0n) is 17.1. The van der Waals surface area contributed by atoms with Gasteiger partial charge in [-0.2, -0.15) is 0 Å².